The van der Waals surface area contributed by atoms with Gasteiger partial charge in [0.25, 0.3) is 5.91 Å². The van der Waals surface area contributed by atoms with Crippen molar-refractivity contribution in [1.82, 2.24) is 20.6 Å². The van der Waals surface area contributed by atoms with Crippen molar-refractivity contribution in [3.63, 3.8) is 0 Å². The fourth-order valence-electron chi connectivity index (χ4n) is 4.72. The molecule has 0 bridgehead atoms. The predicted octanol–water partition coefficient (Wildman–Crippen LogP) is 4.80. The Balaban J connectivity index is 1.54. The van der Waals surface area contributed by atoms with E-state index in [1.165, 1.54) is 19.1 Å². The topological polar surface area (TPSA) is 119 Å². The molecular formula is C28H31ClFN5O3. The Morgan fingerprint density at radius 2 is 1.95 bits per heavy atom. The fraction of sp³-hybridized carbons (Fsp3) is 0.357. The number of hydrogen-bond acceptors (Lipinski definition) is 6. The van der Waals surface area contributed by atoms with Crippen molar-refractivity contribution in [3.05, 3.63) is 76.3 Å². The van der Waals surface area contributed by atoms with E-state index in [1.807, 2.05) is 0 Å². The van der Waals surface area contributed by atoms with Crippen molar-refractivity contribution < 1.29 is 18.7 Å². The van der Waals surface area contributed by atoms with Crippen LogP contribution in [-0.2, 0) is 9.53 Å². The third-order valence-electron chi connectivity index (χ3n) is 6.84. The zero-order chi connectivity index (χ0) is 27.2. The molecule has 4 rings (SSSR count). The average molecular weight is 540 g/mol. The molecular weight excluding hydrogens is 509 g/mol. The molecule has 4 N–H and O–H groups in total. The molecule has 38 heavy (non-hydrogen) atoms. The Bertz CT molecular complexity index is 1310. The van der Waals surface area contributed by atoms with Crippen LogP contribution in [0.1, 0.15) is 66.2 Å². The minimum atomic E-state index is -0.725. The summed E-state index contributed by atoms with van der Waals surface area (Å²) < 4.78 is 20.7. The van der Waals surface area contributed by atoms with E-state index in [9.17, 15) is 9.59 Å². The number of aromatic nitrogens is 2. The molecule has 0 radical (unpaired) electrons. The number of anilines is 1. The maximum absolute atomic E-state index is 15.2. The Kier molecular flexibility index (Phi) is 8.91. The molecule has 1 aromatic heterocycles. The first-order chi connectivity index (χ1) is 18.2. The highest BCUT2D eigenvalue weighted by atomic mass is 35.5. The highest BCUT2D eigenvalue weighted by Crippen LogP contribution is 2.34. The number of hydrogen-bond donors (Lipinski definition) is 3. The highest BCUT2D eigenvalue weighted by Gasteiger charge is 2.25. The molecule has 0 saturated heterocycles. The van der Waals surface area contributed by atoms with Crippen LogP contribution >= 0.6 is 11.6 Å². The van der Waals surface area contributed by atoms with Gasteiger partial charge in [-0.25, -0.2) is 14.4 Å². The van der Waals surface area contributed by atoms with Crippen molar-refractivity contribution in [3.8, 4) is 11.3 Å². The Morgan fingerprint density at radius 3 is 2.61 bits per heavy atom. The molecule has 8 nitrogen and oxygen atoms in total. The summed E-state index contributed by atoms with van der Waals surface area (Å²) in [7, 11) is 1.73. The fourth-order valence-corrected chi connectivity index (χ4v) is 4.92. The van der Waals surface area contributed by atoms with Crippen LogP contribution in [0.2, 0.25) is 5.02 Å². The van der Waals surface area contributed by atoms with Gasteiger partial charge in [-0.3, -0.25) is 9.59 Å². The van der Waals surface area contributed by atoms with Crippen molar-refractivity contribution in [2.75, 3.05) is 19.4 Å². The monoisotopic (exact) mass is 539 g/mol. The summed E-state index contributed by atoms with van der Waals surface area (Å²) in [6.07, 6.45) is 5.68. The predicted molar refractivity (Wildman–Crippen MR) is 144 cm³/mol. The smallest absolute Gasteiger partial charge is 0.254 e. The quantitative estimate of drug-likeness (QED) is 0.378. The maximum Gasteiger partial charge on any atom is 0.254 e. The lowest BCUT2D eigenvalue weighted by molar-refractivity contribution is -0.119. The molecule has 0 aliphatic heterocycles. The number of rotatable bonds is 8. The number of benzene rings is 2. The number of nitrogens with zero attached hydrogens (tertiary/aromatic N) is 2. The lowest BCUT2D eigenvalue weighted by Gasteiger charge is -2.27. The Morgan fingerprint density at radius 1 is 1.18 bits per heavy atom. The maximum atomic E-state index is 15.2. The number of carbonyl (C=O) groups excluding carboxylic acids is 2. The summed E-state index contributed by atoms with van der Waals surface area (Å²) in [4.78, 5) is 33.5. The van der Waals surface area contributed by atoms with Gasteiger partial charge in [0, 0.05) is 37.1 Å². The first kappa shape index (κ1) is 27.5. The molecule has 2 amide bonds. The van der Waals surface area contributed by atoms with Crippen molar-refractivity contribution in [1.29, 1.82) is 0 Å². The van der Waals surface area contributed by atoms with Crippen LogP contribution in [0.4, 0.5) is 10.2 Å². The number of methoxy groups -OCH3 is 1. The van der Waals surface area contributed by atoms with Crippen LogP contribution in [0.5, 0.6) is 0 Å². The zero-order valence-electron chi connectivity index (χ0n) is 21.3. The molecule has 1 aliphatic rings. The molecule has 200 valence electrons. The largest absolute Gasteiger partial charge is 0.382 e. The second-order valence-electron chi connectivity index (χ2n) is 9.45. The minimum Gasteiger partial charge on any atom is -0.382 e. The standard InChI is InChI=1S/C28H31ClFN5O3/c1-16(36)32-14-25(18-4-3-5-20(29)12-18)35-28(37)22-11-8-19(13-23(22)30)26-27(31)33-15-24(34-26)17-6-9-21(38-2)10-7-17/h3-5,8,11-13,15,17,21,25H,6-7,9-10,14H2,1-2H3,(H2,31,33)(H,32,36)(H,35,37)/t17-,21-,25-/m1/s1. The van der Waals surface area contributed by atoms with Gasteiger partial charge in [-0.2, -0.15) is 0 Å². The van der Waals surface area contributed by atoms with Gasteiger partial charge in [0.2, 0.25) is 5.91 Å². The summed E-state index contributed by atoms with van der Waals surface area (Å²) in [6, 6.07) is 10.5. The number of nitrogens with two attached hydrogens (primary N) is 1. The molecule has 1 aliphatic carbocycles. The van der Waals surface area contributed by atoms with Gasteiger partial charge in [-0.1, -0.05) is 29.8 Å². The summed E-state index contributed by atoms with van der Waals surface area (Å²) >= 11 is 6.11. The lowest BCUT2D eigenvalue weighted by atomic mass is 9.85. The number of halogens is 2. The normalized spacial score (nSPS) is 18.0. The van der Waals surface area contributed by atoms with Crippen molar-refractivity contribution >= 4 is 29.2 Å². The van der Waals surface area contributed by atoms with Gasteiger partial charge in [-0.15, -0.1) is 0 Å². The number of ether oxygens (including phenoxy) is 1. The summed E-state index contributed by atoms with van der Waals surface area (Å²) in [5, 5.41) is 5.95. The molecule has 0 unspecified atom stereocenters. The van der Waals surface area contributed by atoms with Crippen molar-refractivity contribution in [2.24, 2.45) is 0 Å². The van der Waals surface area contributed by atoms with Crippen LogP contribution in [0.15, 0.2) is 48.7 Å². The first-order valence-electron chi connectivity index (χ1n) is 12.5. The summed E-state index contributed by atoms with van der Waals surface area (Å²) in [5.74, 6) is -1.19. The van der Waals surface area contributed by atoms with Crippen LogP contribution in [0.25, 0.3) is 11.3 Å². The summed E-state index contributed by atoms with van der Waals surface area (Å²) in [6.45, 7) is 1.50. The average Bonchev–Trinajstić information content (AvgIpc) is 2.91. The van der Waals surface area contributed by atoms with Gasteiger partial charge >= 0.3 is 0 Å². The number of carbonyl (C=O) groups is 2. The van der Waals surface area contributed by atoms with E-state index in [0.717, 1.165) is 31.4 Å². The molecule has 1 heterocycles. The van der Waals surface area contributed by atoms with E-state index < -0.39 is 17.8 Å². The van der Waals surface area contributed by atoms with Gasteiger partial charge in [0.1, 0.15) is 17.3 Å². The van der Waals surface area contributed by atoms with Gasteiger partial charge in [0.15, 0.2) is 0 Å². The summed E-state index contributed by atoms with van der Waals surface area (Å²) in [5.41, 5.74) is 8.25. The number of nitrogen functional groups attached to an aromatic ring is 1. The van der Waals surface area contributed by atoms with Crippen molar-refractivity contribution in [2.45, 2.75) is 50.7 Å². The second kappa shape index (κ2) is 12.3. The molecule has 1 fully saturated rings. The van der Waals surface area contributed by atoms with Crippen LogP contribution < -0.4 is 16.4 Å². The van der Waals surface area contributed by atoms with E-state index >= 15 is 4.39 Å². The van der Waals surface area contributed by atoms with Crippen LogP contribution in [0, 0.1) is 5.82 Å². The third-order valence-corrected chi connectivity index (χ3v) is 7.08. The van der Waals surface area contributed by atoms with E-state index in [-0.39, 0.29) is 35.9 Å². The molecule has 3 aromatic rings. The first-order valence-corrected chi connectivity index (χ1v) is 12.9. The molecule has 1 atom stereocenters. The SMILES string of the molecule is CO[C@H]1CC[C@H](c2cnc(N)c(-c3ccc(C(=O)N[C@H](CNC(C)=O)c4cccc(Cl)c4)c(F)c3)n2)CC1. The highest BCUT2D eigenvalue weighted by molar-refractivity contribution is 6.30. The lowest BCUT2D eigenvalue weighted by Crippen LogP contribution is -2.37. The Hall–Kier alpha value is -3.56. The van der Waals surface area contributed by atoms with E-state index in [4.69, 9.17) is 27.1 Å². The number of amides is 2. The van der Waals surface area contributed by atoms with Crippen LogP contribution in [-0.4, -0.2) is 41.5 Å². The van der Waals surface area contributed by atoms with E-state index in [2.05, 4.69) is 15.6 Å². The van der Waals surface area contributed by atoms with E-state index in [1.54, 1.807) is 43.6 Å². The van der Waals surface area contributed by atoms with Gasteiger partial charge < -0.3 is 21.1 Å². The molecule has 0 spiro atoms. The minimum absolute atomic E-state index is 0.117. The van der Waals surface area contributed by atoms with E-state index in [0.29, 0.717) is 21.8 Å². The zero-order valence-corrected chi connectivity index (χ0v) is 22.1. The number of nitrogens with one attached hydrogen (secondary N) is 2. The molecule has 10 heteroatoms. The van der Waals surface area contributed by atoms with Gasteiger partial charge in [-0.05, 0) is 55.5 Å². The molecule has 1 saturated carbocycles. The Labute approximate surface area is 226 Å². The van der Waals surface area contributed by atoms with Crippen LogP contribution in [0.3, 0.4) is 0 Å². The second-order valence-corrected chi connectivity index (χ2v) is 9.89. The van der Waals surface area contributed by atoms with Gasteiger partial charge in [0.05, 0.1) is 29.6 Å². The third kappa shape index (κ3) is 6.65. The molecule has 2 aromatic carbocycles.